The van der Waals surface area contributed by atoms with Crippen LogP contribution in [0, 0.1) is 0 Å². The van der Waals surface area contributed by atoms with Crippen LogP contribution in [0.4, 0.5) is 5.69 Å². The van der Waals surface area contributed by atoms with Crippen LogP contribution in [0.1, 0.15) is 22.8 Å². The number of nitrogens with one attached hydrogen (secondary N) is 2. The molecule has 0 unspecified atom stereocenters. The fourth-order valence-corrected chi connectivity index (χ4v) is 1.70. The number of amides is 2. The maximum Gasteiger partial charge on any atom is 0.271 e. The van der Waals surface area contributed by atoms with Gasteiger partial charge in [-0.3, -0.25) is 9.59 Å². The number of benzene rings is 2. The maximum atomic E-state index is 11.9. The molecule has 2 rings (SSSR count). The van der Waals surface area contributed by atoms with E-state index in [1.807, 2.05) is 0 Å². The molecule has 0 radical (unpaired) electrons. The number of carbonyl (C=O) groups is 2. The summed E-state index contributed by atoms with van der Waals surface area (Å²) in [4.78, 5) is 22.8. The van der Waals surface area contributed by atoms with Gasteiger partial charge in [-0.25, -0.2) is 5.43 Å². The molecule has 0 spiro atoms. The fraction of sp³-hybridized carbons (Fsp3) is 0.0625. The highest BCUT2D eigenvalue weighted by Gasteiger charge is 2.04. The Balaban J connectivity index is 1.94. The van der Waals surface area contributed by atoms with Crippen LogP contribution in [0.5, 0.6) is 5.75 Å². The van der Waals surface area contributed by atoms with E-state index in [1.165, 1.54) is 25.3 Å². The number of nitrogens with zero attached hydrogens (tertiary/aromatic N) is 1. The van der Waals surface area contributed by atoms with Crippen molar-refractivity contribution in [3.05, 3.63) is 59.7 Å². The van der Waals surface area contributed by atoms with E-state index >= 15 is 0 Å². The fourth-order valence-electron chi connectivity index (χ4n) is 1.70. The Morgan fingerprint density at radius 3 is 2.27 bits per heavy atom. The second-order valence-electron chi connectivity index (χ2n) is 4.55. The summed E-state index contributed by atoms with van der Waals surface area (Å²) in [5, 5.41) is 15.6. The van der Waals surface area contributed by atoms with E-state index in [0.29, 0.717) is 11.3 Å². The predicted molar refractivity (Wildman–Crippen MR) is 83.9 cm³/mol. The van der Waals surface area contributed by atoms with E-state index in [4.69, 9.17) is 5.11 Å². The van der Waals surface area contributed by atoms with Crippen LogP contribution in [0.15, 0.2) is 53.6 Å². The molecular formula is C16H15N3O3. The Labute approximate surface area is 127 Å². The minimum atomic E-state index is -0.357. The van der Waals surface area contributed by atoms with Crippen molar-refractivity contribution in [1.82, 2.24) is 5.43 Å². The highest BCUT2D eigenvalue weighted by atomic mass is 16.3. The Bertz CT molecular complexity index is 692. The van der Waals surface area contributed by atoms with Gasteiger partial charge in [-0.05, 0) is 54.1 Å². The second-order valence-corrected chi connectivity index (χ2v) is 4.55. The lowest BCUT2D eigenvalue weighted by molar-refractivity contribution is -0.114. The number of carbonyl (C=O) groups excluding carboxylic acids is 2. The first-order chi connectivity index (χ1) is 10.5. The number of phenols is 1. The largest absolute Gasteiger partial charge is 0.508 e. The van der Waals surface area contributed by atoms with Gasteiger partial charge in [-0.1, -0.05) is 0 Å². The molecule has 3 N–H and O–H groups in total. The highest BCUT2D eigenvalue weighted by Crippen LogP contribution is 2.10. The first-order valence-corrected chi connectivity index (χ1v) is 6.55. The molecule has 0 aliphatic rings. The molecule has 6 nitrogen and oxygen atoms in total. The average molecular weight is 297 g/mol. The molecular weight excluding hydrogens is 282 g/mol. The lowest BCUT2D eigenvalue weighted by Crippen LogP contribution is -2.17. The topological polar surface area (TPSA) is 90.8 Å². The minimum Gasteiger partial charge on any atom is -0.508 e. The Morgan fingerprint density at radius 2 is 1.68 bits per heavy atom. The molecule has 0 aliphatic heterocycles. The van der Waals surface area contributed by atoms with Crippen molar-refractivity contribution in [1.29, 1.82) is 0 Å². The van der Waals surface area contributed by atoms with Gasteiger partial charge in [0.2, 0.25) is 5.91 Å². The lowest BCUT2D eigenvalue weighted by atomic mass is 10.2. The quantitative estimate of drug-likeness (QED) is 0.596. The van der Waals surface area contributed by atoms with Crippen LogP contribution in [-0.4, -0.2) is 23.1 Å². The van der Waals surface area contributed by atoms with E-state index < -0.39 is 0 Å². The highest BCUT2D eigenvalue weighted by molar-refractivity contribution is 5.96. The molecule has 0 aromatic heterocycles. The Morgan fingerprint density at radius 1 is 1.05 bits per heavy atom. The number of phenolic OH excluding ortho intramolecular Hbond substituents is 1. The van der Waals surface area contributed by atoms with Crippen molar-refractivity contribution in [2.75, 3.05) is 5.32 Å². The van der Waals surface area contributed by atoms with Crippen LogP contribution in [0.3, 0.4) is 0 Å². The first kappa shape index (κ1) is 15.2. The Kier molecular flexibility index (Phi) is 4.87. The number of aromatic hydroxyl groups is 1. The zero-order valence-electron chi connectivity index (χ0n) is 11.9. The van der Waals surface area contributed by atoms with Gasteiger partial charge in [0.15, 0.2) is 0 Å². The van der Waals surface area contributed by atoms with E-state index in [2.05, 4.69) is 15.8 Å². The number of anilines is 1. The smallest absolute Gasteiger partial charge is 0.271 e. The molecule has 0 bridgehead atoms. The lowest BCUT2D eigenvalue weighted by Gasteiger charge is -2.03. The van der Waals surface area contributed by atoms with Crippen LogP contribution in [0.2, 0.25) is 0 Å². The van der Waals surface area contributed by atoms with Gasteiger partial charge < -0.3 is 10.4 Å². The third kappa shape index (κ3) is 4.45. The van der Waals surface area contributed by atoms with Crippen LogP contribution < -0.4 is 10.7 Å². The minimum absolute atomic E-state index is 0.167. The van der Waals surface area contributed by atoms with Crippen molar-refractivity contribution in [2.24, 2.45) is 5.10 Å². The van der Waals surface area contributed by atoms with Gasteiger partial charge >= 0.3 is 0 Å². The van der Waals surface area contributed by atoms with Crippen LogP contribution >= 0.6 is 0 Å². The molecule has 0 heterocycles. The van der Waals surface area contributed by atoms with E-state index in [9.17, 15) is 9.59 Å². The molecule has 2 amide bonds. The summed E-state index contributed by atoms with van der Waals surface area (Å²) >= 11 is 0. The van der Waals surface area contributed by atoms with E-state index in [0.717, 1.165) is 5.56 Å². The number of hydrogen-bond donors (Lipinski definition) is 3. The SMILES string of the molecule is CC(=O)Nc1ccc(C(=O)NN=Cc2ccc(O)cc2)cc1. The van der Waals surface area contributed by atoms with Crippen molar-refractivity contribution >= 4 is 23.7 Å². The standard InChI is InChI=1S/C16H15N3O3/c1-11(20)18-14-6-4-13(5-7-14)16(22)19-17-10-12-2-8-15(21)9-3-12/h2-10,21H,1H3,(H,18,20)(H,19,22). The van der Waals surface area contributed by atoms with Crippen LogP contribution in [0.25, 0.3) is 0 Å². The zero-order valence-corrected chi connectivity index (χ0v) is 11.9. The summed E-state index contributed by atoms with van der Waals surface area (Å²) in [6.07, 6.45) is 1.48. The molecule has 112 valence electrons. The van der Waals surface area contributed by atoms with Gasteiger partial charge in [0.05, 0.1) is 6.21 Å². The third-order valence-electron chi connectivity index (χ3n) is 2.74. The summed E-state index contributed by atoms with van der Waals surface area (Å²) in [7, 11) is 0. The summed E-state index contributed by atoms with van der Waals surface area (Å²) < 4.78 is 0. The van der Waals surface area contributed by atoms with Crippen LogP contribution in [-0.2, 0) is 4.79 Å². The molecule has 0 fully saturated rings. The monoisotopic (exact) mass is 297 g/mol. The summed E-state index contributed by atoms with van der Waals surface area (Å²) in [6.45, 7) is 1.42. The molecule has 2 aromatic carbocycles. The van der Waals surface area contributed by atoms with Gasteiger partial charge in [0, 0.05) is 18.2 Å². The maximum absolute atomic E-state index is 11.9. The van der Waals surface area contributed by atoms with Crippen molar-refractivity contribution in [3.63, 3.8) is 0 Å². The summed E-state index contributed by atoms with van der Waals surface area (Å²) in [6, 6.07) is 12.9. The van der Waals surface area contributed by atoms with Crippen molar-refractivity contribution < 1.29 is 14.7 Å². The van der Waals surface area contributed by atoms with Gasteiger partial charge in [-0.2, -0.15) is 5.10 Å². The third-order valence-corrected chi connectivity index (χ3v) is 2.74. The second kappa shape index (κ2) is 7.03. The van der Waals surface area contributed by atoms with Crippen molar-refractivity contribution in [2.45, 2.75) is 6.92 Å². The average Bonchev–Trinajstić information content (AvgIpc) is 2.49. The molecule has 2 aromatic rings. The van der Waals surface area contributed by atoms with Gasteiger partial charge in [0.1, 0.15) is 5.75 Å². The van der Waals surface area contributed by atoms with Gasteiger partial charge in [-0.15, -0.1) is 0 Å². The molecule has 0 atom stereocenters. The molecule has 0 saturated carbocycles. The summed E-state index contributed by atoms with van der Waals surface area (Å²) in [5.74, 6) is -0.361. The van der Waals surface area contributed by atoms with Gasteiger partial charge in [0.25, 0.3) is 5.91 Å². The molecule has 0 aliphatic carbocycles. The number of hydrogen-bond acceptors (Lipinski definition) is 4. The Hall–Kier alpha value is -3.15. The molecule has 6 heteroatoms. The molecule has 22 heavy (non-hydrogen) atoms. The zero-order chi connectivity index (χ0) is 15.9. The van der Waals surface area contributed by atoms with E-state index in [1.54, 1.807) is 36.4 Å². The summed E-state index contributed by atoms with van der Waals surface area (Å²) in [5.41, 5.74) is 4.20. The van der Waals surface area contributed by atoms with E-state index in [-0.39, 0.29) is 17.6 Å². The molecule has 0 saturated heterocycles. The number of rotatable bonds is 4. The normalized spacial score (nSPS) is 10.4. The van der Waals surface area contributed by atoms with Crippen molar-refractivity contribution in [3.8, 4) is 5.75 Å². The first-order valence-electron chi connectivity index (χ1n) is 6.55. The number of hydrazone groups is 1. The predicted octanol–water partition coefficient (Wildman–Crippen LogP) is 2.11.